The zero-order valence-electron chi connectivity index (χ0n) is 12.4. The summed E-state index contributed by atoms with van der Waals surface area (Å²) in [6.07, 6.45) is 2.57. The molecule has 0 fully saturated rings. The van der Waals surface area contributed by atoms with Crippen molar-refractivity contribution in [3.63, 3.8) is 0 Å². The van der Waals surface area contributed by atoms with Gasteiger partial charge in [-0.15, -0.1) is 5.10 Å². The van der Waals surface area contributed by atoms with Crippen molar-refractivity contribution in [2.75, 3.05) is 0 Å². The van der Waals surface area contributed by atoms with Crippen molar-refractivity contribution in [3.8, 4) is 0 Å². The molecule has 0 aliphatic heterocycles. The van der Waals surface area contributed by atoms with Crippen LogP contribution in [0.3, 0.4) is 0 Å². The molecule has 0 spiro atoms. The average molecular weight is 328 g/mol. The van der Waals surface area contributed by atoms with Gasteiger partial charge < -0.3 is 4.42 Å². The van der Waals surface area contributed by atoms with Crippen LogP contribution in [-0.2, 0) is 0 Å². The van der Waals surface area contributed by atoms with Crippen LogP contribution in [0.5, 0.6) is 0 Å². The molecule has 7 nitrogen and oxygen atoms in total. The number of hydrazone groups is 1. The first kappa shape index (κ1) is 15.0. The number of benzene rings is 1. The number of carbonyl (C=O) groups is 1. The van der Waals surface area contributed by atoms with E-state index in [2.05, 4.69) is 20.1 Å². The lowest BCUT2D eigenvalue weighted by atomic mass is 10.1. The first-order valence-electron chi connectivity index (χ1n) is 6.71. The minimum Gasteiger partial charge on any atom is -0.463 e. The van der Waals surface area contributed by atoms with Crippen LogP contribution in [0.15, 0.2) is 38.8 Å². The van der Waals surface area contributed by atoms with Crippen LogP contribution in [0, 0.1) is 13.8 Å². The number of hydrogen-bond acceptors (Lipinski definition) is 7. The summed E-state index contributed by atoms with van der Waals surface area (Å²) in [5.41, 5.74) is 4.39. The summed E-state index contributed by atoms with van der Waals surface area (Å²) in [6.45, 7) is 3.58. The number of carbonyl (C=O) groups excluding carboxylic acids is 1. The third kappa shape index (κ3) is 3.02. The summed E-state index contributed by atoms with van der Waals surface area (Å²) in [4.78, 5) is 24.6. The normalized spacial score (nSPS) is 11.2. The molecule has 2 heterocycles. The van der Waals surface area contributed by atoms with Crippen molar-refractivity contribution >= 4 is 34.6 Å². The zero-order chi connectivity index (χ0) is 16.4. The summed E-state index contributed by atoms with van der Waals surface area (Å²) in [5.74, 6) is -0.422. The highest BCUT2D eigenvalue weighted by Crippen LogP contribution is 2.12. The van der Waals surface area contributed by atoms with Gasteiger partial charge in [0.2, 0.25) is 5.43 Å². The van der Waals surface area contributed by atoms with Crippen molar-refractivity contribution in [3.05, 3.63) is 56.4 Å². The van der Waals surface area contributed by atoms with E-state index in [9.17, 15) is 9.59 Å². The van der Waals surface area contributed by atoms with Gasteiger partial charge in [-0.05, 0) is 37.5 Å². The quantitative estimate of drug-likeness (QED) is 0.586. The number of nitrogens with zero attached hydrogens (tertiary/aromatic N) is 3. The number of rotatable bonds is 3. The minimum absolute atomic E-state index is 0.205. The Kier molecular flexibility index (Phi) is 3.98. The lowest BCUT2D eigenvalue weighted by molar-refractivity contribution is 0.0958. The Balaban J connectivity index is 1.84. The Morgan fingerprint density at radius 3 is 2.96 bits per heavy atom. The number of aromatic nitrogens is 2. The molecule has 2 aromatic heterocycles. The van der Waals surface area contributed by atoms with E-state index in [4.69, 9.17) is 4.42 Å². The SMILES string of the molecule is Cc1ccc2occ(/C=N/NC(=O)c3snnc3C)c(=O)c2c1. The molecule has 1 N–H and O–H groups in total. The van der Waals surface area contributed by atoms with Crippen LogP contribution in [0.25, 0.3) is 11.0 Å². The predicted molar refractivity (Wildman–Crippen MR) is 86.9 cm³/mol. The topological polar surface area (TPSA) is 97.5 Å². The average Bonchev–Trinajstić information content (AvgIpc) is 2.96. The Bertz CT molecular complexity index is 974. The summed E-state index contributed by atoms with van der Waals surface area (Å²) < 4.78 is 9.09. The molecular formula is C15H12N4O3S. The van der Waals surface area contributed by atoms with Crippen molar-refractivity contribution < 1.29 is 9.21 Å². The van der Waals surface area contributed by atoms with Gasteiger partial charge in [-0.1, -0.05) is 16.1 Å². The van der Waals surface area contributed by atoms with E-state index in [1.54, 1.807) is 19.1 Å². The summed E-state index contributed by atoms with van der Waals surface area (Å²) in [6, 6.07) is 5.36. The lowest BCUT2D eigenvalue weighted by Crippen LogP contribution is -2.18. The molecule has 3 aromatic rings. The van der Waals surface area contributed by atoms with Crippen molar-refractivity contribution in [1.82, 2.24) is 15.0 Å². The van der Waals surface area contributed by atoms with Crippen molar-refractivity contribution in [2.24, 2.45) is 5.10 Å². The molecule has 0 atom stereocenters. The molecule has 23 heavy (non-hydrogen) atoms. The molecule has 3 rings (SSSR count). The molecule has 1 aromatic carbocycles. The van der Waals surface area contributed by atoms with Gasteiger partial charge in [-0.25, -0.2) is 5.43 Å². The molecular weight excluding hydrogens is 316 g/mol. The van der Waals surface area contributed by atoms with Crippen molar-refractivity contribution in [1.29, 1.82) is 0 Å². The van der Waals surface area contributed by atoms with Crippen LogP contribution in [0.2, 0.25) is 0 Å². The van der Waals surface area contributed by atoms with E-state index in [-0.39, 0.29) is 11.0 Å². The Morgan fingerprint density at radius 2 is 2.22 bits per heavy atom. The van der Waals surface area contributed by atoms with E-state index >= 15 is 0 Å². The smallest absolute Gasteiger partial charge is 0.285 e. The Morgan fingerprint density at radius 1 is 1.39 bits per heavy atom. The predicted octanol–water partition coefficient (Wildman–Crippen LogP) is 2.03. The minimum atomic E-state index is -0.422. The van der Waals surface area contributed by atoms with E-state index in [0.29, 0.717) is 21.5 Å². The summed E-state index contributed by atoms with van der Waals surface area (Å²) >= 11 is 0.983. The van der Waals surface area contributed by atoms with Crippen LogP contribution in [0.1, 0.15) is 26.5 Å². The van der Waals surface area contributed by atoms with Gasteiger partial charge >= 0.3 is 0 Å². The highest BCUT2D eigenvalue weighted by atomic mass is 32.1. The van der Waals surface area contributed by atoms with Crippen LogP contribution < -0.4 is 10.9 Å². The lowest BCUT2D eigenvalue weighted by Gasteiger charge is -2.00. The second-order valence-electron chi connectivity index (χ2n) is 4.91. The highest BCUT2D eigenvalue weighted by molar-refractivity contribution is 7.07. The van der Waals surface area contributed by atoms with Gasteiger partial charge in [-0.3, -0.25) is 9.59 Å². The molecule has 8 heteroatoms. The Hall–Kier alpha value is -2.87. The molecule has 1 amide bonds. The maximum Gasteiger partial charge on any atom is 0.285 e. The van der Waals surface area contributed by atoms with Gasteiger partial charge in [0.1, 0.15) is 16.7 Å². The van der Waals surface area contributed by atoms with Crippen molar-refractivity contribution in [2.45, 2.75) is 13.8 Å². The number of hydrogen-bond donors (Lipinski definition) is 1. The number of aryl methyl sites for hydroxylation is 2. The first-order valence-corrected chi connectivity index (χ1v) is 7.48. The Labute approximate surface area is 134 Å². The van der Waals surface area contributed by atoms with Gasteiger partial charge in [0.25, 0.3) is 5.91 Å². The molecule has 0 aliphatic carbocycles. The molecule has 0 radical (unpaired) electrons. The van der Waals surface area contributed by atoms with Crippen LogP contribution in [0.4, 0.5) is 0 Å². The molecule has 0 saturated carbocycles. The van der Waals surface area contributed by atoms with E-state index in [1.165, 1.54) is 12.5 Å². The number of fused-ring (bicyclic) bond motifs is 1. The highest BCUT2D eigenvalue weighted by Gasteiger charge is 2.12. The molecule has 0 aliphatic rings. The van der Waals surface area contributed by atoms with Crippen LogP contribution in [-0.4, -0.2) is 21.7 Å². The summed E-state index contributed by atoms with van der Waals surface area (Å²) in [5, 5.41) is 8.02. The fourth-order valence-electron chi connectivity index (χ4n) is 2.00. The monoisotopic (exact) mass is 328 g/mol. The van der Waals surface area contributed by atoms with E-state index in [0.717, 1.165) is 17.1 Å². The van der Waals surface area contributed by atoms with Gasteiger partial charge in [-0.2, -0.15) is 5.10 Å². The van der Waals surface area contributed by atoms with Gasteiger partial charge in [0.15, 0.2) is 0 Å². The van der Waals surface area contributed by atoms with Crippen LogP contribution >= 0.6 is 11.5 Å². The molecule has 116 valence electrons. The third-order valence-corrected chi connectivity index (χ3v) is 4.01. The summed E-state index contributed by atoms with van der Waals surface area (Å²) in [7, 11) is 0. The number of amides is 1. The maximum atomic E-state index is 12.4. The molecule has 0 bridgehead atoms. The molecule has 0 saturated heterocycles. The van der Waals surface area contributed by atoms with Gasteiger partial charge in [0.05, 0.1) is 22.9 Å². The molecule has 0 unspecified atom stereocenters. The third-order valence-electron chi connectivity index (χ3n) is 3.18. The second-order valence-corrected chi connectivity index (χ2v) is 5.66. The second kappa shape index (κ2) is 6.09. The van der Waals surface area contributed by atoms with E-state index < -0.39 is 5.91 Å². The standard InChI is InChI=1S/C15H12N4O3S/c1-8-3-4-12-11(5-8)13(20)10(7-22-12)6-16-18-15(21)14-9(2)17-19-23-14/h3-7H,1-2H3,(H,18,21)/b16-6+. The fourth-order valence-corrected chi connectivity index (χ4v) is 2.55. The van der Waals surface area contributed by atoms with E-state index in [1.807, 2.05) is 13.0 Å². The van der Waals surface area contributed by atoms with Gasteiger partial charge in [0, 0.05) is 0 Å². The first-order chi connectivity index (χ1) is 11.1. The largest absolute Gasteiger partial charge is 0.463 e. The fraction of sp³-hybridized carbons (Fsp3) is 0.133. The maximum absolute atomic E-state index is 12.4. The number of nitrogens with one attached hydrogen (secondary N) is 1. The zero-order valence-corrected chi connectivity index (χ0v) is 13.2.